The van der Waals surface area contributed by atoms with Crippen LogP contribution in [0.5, 0.6) is 0 Å². The SMILES string of the molecule is Cc1ncn(CC(=O)c2ccc(Br)cc2)c(=O)c1I. The molecule has 0 aliphatic carbocycles. The standard InChI is InChI=1S/C13H10BrIN2O2/c1-8-12(15)13(19)17(7-16-8)6-11(18)9-2-4-10(14)5-3-9/h2-5,7H,6H2,1H3. The third-order valence-corrected chi connectivity index (χ3v) is 4.41. The van der Waals surface area contributed by atoms with E-state index in [4.69, 9.17) is 0 Å². The van der Waals surface area contributed by atoms with Crippen molar-refractivity contribution in [3.63, 3.8) is 0 Å². The molecule has 6 heteroatoms. The van der Waals surface area contributed by atoms with Crippen molar-refractivity contribution in [1.82, 2.24) is 9.55 Å². The van der Waals surface area contributed by atoms with E-state index in [2.05, 4.69) is 20.9 Å². The van der Waals surface area contributed by atoms with Crippen molar-refractivity contribution < 1.29 is 4.79 Å². The molecule has 0 aliphatic heterocycles. The number of aryl methyl sites for hydroxylation is 1. The highest BCUT2D eigenvalue weighted by molar-refractivity contribution is 14.1. The van der Waals surface area contributed by atoms with Crippen LogP contribution in [0.25, 0.3) is 0 Å². The molecule has 0 unspecified atom stereocenters. The highest BCUT2D eigenvalue weighted by atomic mass is 127. The molecule has 0 amide bonds. The maximum Gasteiger partial charge on any atom is 0.267 e. The van der Waals surface area contributed by atoms with Gasteiger partial charge in [-0.1, -0.05) is 28.1 Å². The molecular weight excluding hydrogens is 423 g/mol. The van der Waals surface area contributed by atoms with Crippen LogP contribution in [0.3, 0.4) is 0 Å². The fourth-order valence-electron chi connectivity index (χ4n) is 1.54. The van der Waals surface area contributed by atoms with E-state index in [1.54, 1.807) is 31.2 Å². The summed E-state index contributed by atoms with van der Waals surface area (Å²) in [4.78, 5) is 28.1. The summed E-state index contributed by atoms with van der Waals surface area (Å²) in [6.45, 7) is 1.77. The minimum Gasteiger partial charge on any atom is -0.292 e. The Hall–Kier alpha value is -1.02. The Morgan fingerprint density at radius 3 is 2.63 bits per heavy atom. The third-order valence-electron chi connectivity index (χ3n) is 2.64. The fourth-order valence-corrected chi connectivity index (χ4v) is 2.25. The summed E-state index contributed by atoms with van der Waals surface area (Å²) < 4.78 is 2.79. The average Bonchev–Trinajstić information content (AvgIpc) is 2.40. The van der Waals surface area contributed by atoms with E-state index < -0.39 is 0 Å². The lowest BCUT2D eigenvalue weighted by atomic mass is 10.1. The van der Waals surface area contributed by atoms with Crippen molar-refractivity contribution in [2.45, 2.75) is 13.5 Å². The first-order valence-electron chi connectivity index (χ1n) is 5.49. The molecule has 0 fully saturated rings. The summed E-state index contributed by atoms with van der Waals surface area (Å²) in [6, 6.07) is 7.05. The lowest BCUT2D eigenvalue weighted by Gasteiger charge is -2.06. The van der Waals surface area contributed by atoms with E-state index >= 15 is 0 Å². The molecule has 0 aliphatic rings. The predicted octanol–water partition coefficient (Wildman–Crippen LogP) is 2.80. The number of nitrogens with zero attached hydrogens (tertiary/aromatic N) is 2. The van der Waals surface area contributed by atoms with E-state index in [0.29, 0.717) is 14.8 Å². The van der Waals surface area contributed by atoms with Gasteiger partial charge in [0.1, 0.15) is 0 Å². The Bertz CT molecular complexity index is 680. The lowest BCUT2D eigenvalue weighted by molar-refractivity contribution is 0.0970. The summed E-state index contributed by atoms with van der Waals surface area (Å²) in [5, 5.41) is 0. The van der Waals surface area contributed by atoms with Crippen molar-refractivity contribution in [2.24, 2.45) is 0 Å². The van der Waals surface area contributed by atoms with Crippen molar-refractivity contribution >= 4 is 44.3 Å². The summed E-state index contributed by atoms with van der Waals surface area (Å²) >= 11 is 5.26. The first-order valence-corrected chi connectivity index (χ1v) is 7.36. The molecular formula is C13H10BrIN2O2. The van der Waals surface area contributed by atoms with Crippen LogP contribution in [0.15, 0.2) is 39.9 Å². The zero-order chi connectivity index (χ0) is 14.0. The van der Waals surface area contributed by atoms with E-state index in [9.17, 15) is 9.59 Å². The van der Waals surface area contributed by atoms with Crippen LogP contribution in [0.1, 0.15) is 16.1 Å². The summed E-state index contributed by atoms with van der Waals surface area (Å²) in [5.41, 5.74) is 1.07. The molecule has 0 atom stereocenters. The number of hydrogen-bond acceptors (Lipinski definition) is 3. The van der Waals surface area contributed by atoms with Crippen LogP contribution in [0, 0.1) is 10.5 Å². The second-order valence-electron chi connectivity index (χ2n) is 4.01. The monoisotopic (exact) mass is 432 g/mol. The van der Waals surface area contributed by atoms with Crippen molar-refractivity contribution in [1.29, 1.82) is 0 Å². The molecule has 0 saturated heterocycles. The van der Waals surface area contributed by atoms with Gasteiger partial charge in [-0.3, -0.25) is 14.2 Å². The van der Waals surface area contributed by atoms with Gasteiger partial charge < -0.3 is 0 Å². The van der Waals surface area contributed by atoms with Crippen molar-refractivity contribution in [2.75, 3.05) is 0 Å². The van der Waals surface area contributed by atoms with Gasteiger partial charge in [-0.2, -0.15) is 0 Å². The second-order valence-corrected chi connectivity index (χ2v) is 6.00. The highest BCUT2D eigenvalue weighted by Gasteiger charge is 2.10. The minimum absolute atomic E-state index is 0.00372. The molecule has 0 saturated carbocycles. The van der Waals surface area contributed by atoms with Gasteiger partial charge in [0, 0.05) is 10.0 Å². The lowest BCUT2D eigenvalue weighted by Crippen LogP contribution is -2.27. The molecule has 4 nitrogen and oxygen atoms in total. The first kappa shape index (κ1) is 14.4. The molecule has 2 rings (SSSR count). The largest absolute Gasteiger partial charge is 0.292 e. The Labute approximate surface area is 132 Å². The van der Waals surface area contributed by atoms with Gasteiger partial charge in [-0.05, 0) is 41.6 Å². The Morgan fingerprint density at radius 1 is 1.37 bits per heavy atom. The van der Waals surface area contributed by atoms with E-state index in [-0.39, 0.29) is 17.9 Å². The van der Waals surface area contributed by atoms with E-state index in [1.165, 1.54) is 10.9 Å². The Balaban J connectivity index is 2.27. The molecule has 0 spiro atoms. The van der Waals surface area contributed by atoms with Crippen LogP contribution in [0.4, 0.5) is 0 Å². The van der Waals surface area contributed by atoms with Gasteiger partial charge in [0.05, 0.1) is 22.1 Å². The number of halogens is 2. The van der Waals surface area contributed by atoms with Gasteiger partial charge >= 0.3 is 0 Å². The Kier molecular flexibility index (Phi) is 4.51. The molecule has 0 radical (unpaired) electrons. The fraction of sp³-hybridized carbons (Fsp3) is 0.154. The number of aromatic nitrogens is 2. The maximum absolute atomic E-state index is 12.1. The molecule has 98 valence electrons. The van der Waals surface area contributed by atoms with Gasteiger partial charge in [-0.15, -0.1) is 0 Å². The zero-order valence-corrected chi connectivity index (χ0v) is 13.8. The van der Waals surface area contributed by atoms with E-state index in [1.807, 2.05) is 22.6 Å². The normalized spacial score (nSPS) is 10.5. The minimum atomic E-state index is -0.182. The molecule has 2 aromatic rings. The van der Waals surface area contributed by atoms with E-state index in [0.717, 1.165) is 4.47 Å². The smallest absolute Gasteiger partial charge is 0.267 e. The van der Waals surface area contributed by atoms with Gasteiger partial charge in [0.2, 0.25) is 0 Å². The Morgan fingerprint density at radius 2 is 2.00 bits per heavy atom. The number of rotatable bonds is 3. The molecule has 0 N–H and O–H groups in total. The first-order chi connectivity index (χ1) is 8.99. The molecule has 19 heavy (non-hydrogen) atoms. The van der Waals surface area contributed by atoms with Crippen LogP contribution in [-0.2, 0) is 6.54 Å². The third kappa shape index (κ3) is 3.30. The van der Waals surface area contributed by atoms with Crippen LogP contribution >= 0.6 is 38.5 Å². The van der Waals surface area contributed by atoms with Crippen LogP contribution in [-0.4, -0.2) is 15.3 Å². The summed E-state index contributed by atoms with van der Waals surface area (Å²) in [6.07, 6.45) is 1.41. The molecule has 1 aromatic heterocycles. The zero-order valence-electron chi connectivity index (χ0n) is 10.1. The molecule has 1 aromatic carbocycles. The number of hydrogen-bond donors (Lipinski definition) is 0. The van der Waals surface area contributed by atoms with Gasteiger partial charge in [-0.25, -0.2) is 4.98 Å². The number of benzene rings is 1. The number of ketones is 1. The topological polar surface area (TPSA) is 52.0 Å². The van der Waals surface area contributed by atoms with Crippen LogP contribution < -0.4 is 5.56 Å². The van der Waals surface area contributed by atoms with Gasteiger partial charge in [0.25, 0.3) is 5.56 Å². The average molecular weight is 433 g/mol. The quantitative estimate of drug-likeness (QED) is 0.553. The molecule has 0 bridgehead atoms. The summed E-state index contributed by atoms with van der Waals surface area (Å²) in [7, 11) is 0. The number of carbonyl (C=O) groups excluding carboxylic acids is 1. The molecule has 1 heterocycles. The number of Topliss-reactive ketones (excluding diaryl/α,β-unsaturated/α-hetero) is 1. The summed E-state index contributed by atoms with van der Waals surface area (Å²) in [5.74, 6) is -0.115. The van der Waals surface area contributed by atoms with Crippen LogP contribution in [0.2, 0.25) is 0 Å². The maximum atomic E-state index is 12.1. The van der Waals surface area contributed by atoms with Crippen molar-refractivity contribution in [3.05, 3.63) is 60.2 Å². The highest BCUT2D eigenvalue weighted by Crippen LogP contribution is 2.11. The van der Waals surface area contributed by atoms with Crippen molar-refractivity contribution in [3.8, 4) is 0 Å². The number of carbonyl (C=O) groups is 1. The van der Waals surface area contributed by atoms with Gasteiger partial charge in [0.15, 0.2) is 5.78 Å². The predicted molar refractivity (Wildman–Crippen MR) is 84.4 cm³/mol. The second kappa shape index (κ2) is 5.96.